The van der Waals surface area contributed by atoms with Crippen LogP contribution in [0.15, 0.2) is 84.4 Å². The summed E-state index contributed by atoms with van der Waals surface area (Å²) in [4.78, 5) is 49.4. The molecule has 1 aliphatic carbocycles. The molecular weight excluding hydrogens is 426 g/mol. The lowest BCUT2D eigenvalue weighted by Crippen LogP contribution is -2.27. The van der Waals surface area contributed by atoms with E-state index in [1.165, 1.54) is 30.3 Å². The average Bonchev–Trinajstić information content (AvgIpc) is 2.84. The van der Waals surface area contributed by atoms with E-state index < -0.39 is 22.5 Å². The number of Topliss-reactive ketones (excluding diaryl/α,β-unsaturated/α-hetero) is 2. The summed E-state index contributed by atoms with van der Waals surface area (Å²) in [6.45, 7) is -0.235. The predicted molar refractivity (Wildman–Crippen MR) is 118 cm³/mol. The highest BCUT2D eigenvalue weighted by Crippen LogP contribution is 2.33. The first-order chi connectivity index (χ1) is 16.0. The van der Waals surface area contributed by atoms with E-state index in [0.29, 0.717) is 11.3 Å². The van der Waals surface area contributed by atoms with E-state index in [1.807, 2.05) is 0 Å². The molecule has 0 atom stereocenters. The monoisotopic (exact) mass is 443 g/mol. The number of ether oxygens (including phenoxy) is 2. The molecule has 4 rings (SSSR count). The van der Waals surface area contributed by atoms with Crippen molar-refractivity contribution in [3.63, 3.8) is 0 Å². The van der Waals surface area contributed by atoms with Gasteiger partial charge < -0.3 is 9.47 Å². The standard InChI is InChI=1S/C25H17NO7/c27-23-19-8-4-5-9-20(19)24(28)22(21(23)16-6-2-1-3-7-16)25(29)33-15-14-32-18-12-10-17(11-13-18)26(30)31/h1-13H,14-15H2. The Balaban J connectivity index is 1.53. The minimum Gasteiger partial charge on any atom is -0.490 e. The van der Waals surface area contributed by atoms with Crippen molar-refractivity contribution in [3.05, 3.63) is 111 Å². The Labute approximate surface area is 188 Å². The number of benzene rings is 3. The summed E-state index contributed by atoms with van der Waals surface area (Å²) in [5.41, 5.74) is 0.436. The fourth-order valence-corrected chi connectivity index (χ4v) is 3.48. The summed E-state index contributed by atoms with van der Waals surface area (Å²) >= 11 is 0. The number of hydrogen-bond acceptors (Lipinski definition) is 7. The van der Waals surface area contributed by atoms with Crippen LogP contribution >= 0.6 is 0 Å². The molecule has 0 unspecified atom stereocenters. The molecule has 0 N–H and O–H groups in total. The first-order valence-corrected chi connectivity index (χ1v) is 10.00. The number of fused-ring (bicyclic) bond motifs is 1. The minimum atomic E-state index is -0.922. The topological polar surface area (TPSA) is 113 Å². The second-order valence-electron chi connectivity index (χ2n) is 7.06. The van der Waals surface area contributed by atoms with Gasteiger partial charge in [-0.05, 0) is 17.7 Å². The first-order valence-electron chi connectivity index (χ1n) is 10.00. The Hall–Kier alpha value is -4.59. The second-order valence-corrected chi connectivity index (χ2v) is 7.06. The Morgan fingerprint density at radius 2 is 1.39 bits per heavy atom. The lowest BCUT2D eigenvalue weighted by atomic mass is 9.81. The molecular formula is C25H17NO7. The van der Waals surface area contributed by atoms with E-state index in [9.17, 15) is 24.5 Å². The van der Waals surface area contributed by atoms with Crippen LogP contribution in [0, 0.1) is 10.1 Å². The van der Waals surface area contributed by atoms with Crippen molar-refractivity contribution >= 4 is 28.8 Å². The van der Waals surface area contributed by atoms with Crippen LogP contribution in [0.5, 0.6) is 5.75 Å². The fraction of sp³-hybridized carbons (Fsp3) is 0.0800. The summed E-state index contributed by atoms with van der Waals surface area (Å²) in [5, 5.41) is 10.7. The van der Waals surface area contributed by atoms with E-state index in [1.54, 1.807) is 48.5 Å². The van der Waals surface area contributed by atoms with Crippen LogP contribution in [0.3, 0.4) is 0 Å². The van der Waals surface area contributed by atoms with E-state index in [2.05, 4.69) is 0 Å². The number of esters is 1. The van der Waals surface area contributed by atoms with Gasteiger partial charge in [0.15, 0.2) is 5.78 Å². The zero-order valence-corrected chi connectivity index (χ0v) is 17.2. The summed E-state index contributed by atoms with van der Waals surface area (Å²) in [7, 11) is 0. The van der Waals surface area contributed by atoms with E-state index >= 15 is 0 Å². The molecule has 0 aliphatic heterocycles. The maximum Gasteiger partial charge on any atom is 0.343 e. The molecule has 0 aromatic heterocycles. The number of allylic oxidation sites excluding steroid dienone is 1. The molecule has 1 aliphatic rings. The third-order valence-electron chi connectivity index (χ3n) is 5.02. The molecule has 0 saturated carbocycles. The number of non-ortho nitro benzene ring substituents is 1. The number of nitro benzene ring substituents is 1. The van der Waals surface area contributed by atoms with E-state index in [4.69, 9.17) is 9.47 Å². The molecule has 0 spiro atoms. The fourth-order valence-electron chi connectivity index (χ4n) is 3.48. The van der Waals surface area contributed by atoms with Crippen molar-refractivity contribution in [3.8, 4) is 5.75 Å². The van der Waals surface area contributed by atoms with Crippen LogP contribution in [-0.4, -0.2) is 35.7 Å². The predicted octanol–water partition coefficient (Wildman–Crippen LogP) is 4.05. The van der Waals surface area contributed by atoms with Gasteiger partial charge in [-0.25, -0.2) is 4.79 Å². The Kier molecular flexibility index (Phi) is 6.08. The molecule has 8 nitrogen and oxygen atoms in total. The molecule has 33 heavy (non-hydrogen) atoms. The second kappa shape index (κ2) is 9.27. The number of nitrogens with zero attached hydrogens (tertiary/aromatic N) is 1. The largest absolute Gasteiger partial charge is 0.490 e. The van der Waals surface area contributed by atoms with Gasteiger partial charge in [-0.3, -0.25) is 19.7 Å². The number of carbonyl (C=O) groups excluding carboxylic acids is 3. The number of nitro groups is 1. The molecule has 3 aromatic rings. The van der Waals surface area contributed by atoms with Crippen molar-refractivity contribution in [2.75, 3.05) is 13.2 Å². The smallest absolute Gasteiger partial charge is 0.343 e. The molecule has 0 radical (unpaired) electrons. The summed E-state index contributed by atoms with van der Waals surface area (Å²) in [6, 6.07) is 20.3. The molecule has 0 fully saturated rings. The van der Waals surface area contributed by atoms with Crippen LogP contribution in [0.4, 0.5) is 5.69 Å². The molecule has 8 heteroatoms. The van der Waals surface area contributed by atoms with Crippen molar-refractivity contribution in [2.45, 2.75) is 0 Å². The molecule has 0 bridgehead atoms. The zero-order chi connectivity index (χ0) is 23.4. The Morgan fingerprint density at radius 3 is 2.03 bits per heavy atom. The maximum absolute atomic E-state index is 13.2. The number of ketones is 2. The van der Waals surface area contributed by atoms with Gasteiger partial charge in [0, 0.05) is 28.8 Å². The van der Waals surface area contributed by atoms with Crippen LogP contribution in [-0.2, 0) is 9.53 Å². The molecule has 0 amide bonds. The van der Waals surface area contributed by atoms with Gasteiger partial charge in [-0.1, -0.05) is 54.6 Å². The number of hydrogen-bond donors (Lipinski definition) is 0. The number of rotatable bonds is 7. The van der Waals surface area contributed by atoms with Crippen LogP contribution in [0.1, 0.15) is 26.3 Å². The maximum atomic E-state index is 13.2. The van der Waals surface area contributed by atoms with Crippen molar-refractivity contribution in [2.24, 2.45) is 0 Å². The molecule has 164 valence electrons. The van der Waals surface area contributed by atoms with Gasteiger partial charge in [0.1, 0.15) is 24.5 Å². The molecule has 0 saturated heterocycles. The van der Waals surface area contributed by atoms with Crippen LogP contribution < -0.4 is 4.74 Å². The summed E-state index contributed by atoms with van der Waals surface area (Å²) < 4.78 is 10.7. The van der Waals surface area contributed by atoms with E-state index in [0.717, 1.165) is 0 Å². The van der Waals surface area contributed by atoms with Gasteiger partial charge in [-0.2, -0.15) is 0 Å². The molecule has 3 aromatic carbocycles. The van der Waals surface area contributed by atoms with Gasteiger partial charge in [0.2, 0.25) is 5.78 Å². The quantitative estimate of drug-likeness (QED) is 0.178. The first kappa shape index (κ1) is 21.6. The van der Waals surface area contributed by atoms with Crippen molar-refractivity contribution < 1.29 is 28.8 Å². The van der Waals surface area contributed by atoms with Crippen molar-refractivity contribution in [1.29, 1.82) is 0 Å². The highest BCUT2D eigenvalue weighted by atomic mass is 16.6. The number of carbonyl (C=O) groups is 3. The minimum absolute atomic E-state index is 0.000544. The van der Waals surface area contributed by atoms with Gasteiger partial charge in [-0.15, -0.1) is 0 Å². The third-order valence-corrected chi connectivity index (χ3v) is 5.02. The van der Waals surface area contributed by atoms with Crippen LogP contribution in [0.2, 0.25) is 0 Å². The highest BCUT2D eigenvalue weighted by molar-refractivity contribution is 6.46. The Morgan fingerprint density at radius 1 is 0.788 bits per heavy atom. The van der Waals surface area contributed by atoms with Crippen molar-refractivity contribution in [1.82, 2.24) is 0 Å². The van der Waals surface area contributed by atoms with Gasteiger partial charge in [0.05, 0.1) is 4.92 Å². The average molecular weight is 443 g/mol. The Bertz CT molecular complexity index is 1280. The van der Waals surface area contributed by atoms with E-state index in [-0.39, 0.29) is 41.2 Å². The van der Waals surface area contributed by atoms with Gasteiger partial charge in [0.25, 0.3) is 5.69 Å². The zero-order valence-electron chi connectivity index (χ0n) is 17.2. The molecule has 0 heterocycles. The lowest BCUT2D eigenvalue weighted by molar-refractivity contribution is -0.384. The lowest BCUT2D eigenvalue weighted by Gasteiger charge is -2.20. The SMILES string of the molecule is O=C(OCCOc1ccc([N+](=O)[O-])cc1)C1=C(c2ccccc2)C(=O)c2ccccc2C1=O. The summed E-state index contributed by atoms with van der Waals surface area (Å²) in [6.07, 6.45) is 0. The van der Waals surface area contributed by atoms with Gasteiger partial charge >= 0.3 is 5.97 Å². The summed E-state index contributed by atoms with van der Waals surface area (Å²) in [5.74, 6) is -1.57. The third kappa shape index (κ3) is 4.40. The van der Waals surface area contributed by atoms with Crippen LogP contribution in [0.25, 0.3) is 5.57 Å². The normalized spacial score (nSPS) is 12.8. The highest BCUT2D eigenvalue weighted by Gasteiger charge is 2.37.